The average Bonchev–Trinajstić information content (AvgIpc) is 2.99. The number of nitrogens with zero attached hydrogens (tertiary/aromatic N) is 1. The molecule has 0 spiro atoms. The summed E-state index contributed by atoms with van der Waals surface area (Å²) in [5.41, 5.74) is 1.66. The van der Waals surface area contributed by atoms with Gasteiger partial charge in [-0.2, -0.15) is 0 Å². The van der Waals surface area contributed by atoms with Crippen LogP contribution < -0.4 is 10.6 Å². The summed E-state index contributed by atoms with van der Waals surface area (Å²) >= 11 is 0. The standard InChI is InChI=1S/C15H16N4O3/c20-11-3-1-9(2-4-11)5-12-14(21)19-13(15(22)18-12)6-10-7-16-8-17-10/h1-4,7-8,12-13,20H,5-6H2,(H,16,17)(H,18,22)(H,19,21)/t12-,13+/m1/s1. The second-order valence-corrected chi connectivity index (χ2v) is 5.27. The SMILES string of the molecule is O=C1N[C@H](Cc2ccc(O)cc2)C(=O)N[C@H]1Cc1cnc[nH]1. The highest BCUT2D eigenvalue weighted by molar-refractivity contribution is 5.97. The van der Waals surface area contributed by atoms with E-state index in [0.29, 0.717) is 12.8 Å². The molecule has 1 aromatic heterocycles. The molecule has 0 bridgehead atoms. The largest absolute Gasteiger partial charge is 0.508 e. The molecule has 114 valence electrons. The predicted molar refractivity (Wildman–Crippen MR) is 78.0 cm³/mol. The van der Waals surface area contributed by atoms with Gasteiger partial charge in [-0.25, -0.2) is 4.98 Å². The summed E-state index contributed by atoms with van der Waals surface area (Å²) in [5.74, 6) is -0.254. The average molecular weight is 300 g/mol. The molecule has 2 amide bonds. The molecule has 0 radical (unpaired) electrons. The van der Waals surface area contributed by atoms with Gasteiger partial charge in [0.15, 0.2) is 0 Å². The first-order valence-corrected chi connectivity index (χ1v) is 6.98. The molecule has 1 fully saturated rings. The van der Waals surface area contributed by atoms with Gasteiger partial charge in [0.2, 0.25) is 11.8 Å². The number of imidazole rings is 1. The van der Waals surface area contributed by atoms with Gasteiger partial charge in [-0.05, 0) is 17.7 Å². The minimum absolute atomic E-state index is 0.167. The molecule has 0 unspecified atom stereocenters. The number of phenolic OH excluding ortho intramolecular Hbond substituents is 1. The van der Waals surface area contributed by atoms with Crippen LogP contribution in [0.25, 0.3) is 0 Å². The number of benzene rings is 1. The second kappa shape index (κ2) is 5.88. The summed E-state index contributed by atoms with van der Waals surface area (Å²) in [6.07, 6.45) is 3.92. The lowest BCUT2D eigenvalue weighted by Crippen LogP contribution is -2.62. The lowest BCUT2D eigenvalue weighted by Gasteiger charge is -2.29. The van der Waals surface area contributed by atoms with Crippen LogP contribution >= 0.6 is 0 Å². The van der Waals surface area contributed by atoms with Crippen LogP contribution in [-0.2, 0) is 22.4 Å². The van der Waals surface area contributed by atoms with Crippen molar-refractivity contribution in [2.24, 2.45) is 0 Å². The van der Waals surface area contributed by atoms with Crippen molar-refractivity contribution in [2.45, 2.75) is 24.9 Å². The number of aromatic amines is 1. The van der Waals surface area contributed by atoms with Crippen LogP contribution in [0.3, 0.4) is 0 Å². The Morgan fingerprint density at radius 1 is 1.00 bits per heavy atom. The third-order valence-corrected chi connectivity index (χ3v) is 3.62. The molecule has 1 aliphatic rings. The van der Waals surface area contributed by atoms with Crippen LogP contribution in [0, 0.1) is 0 Å². The highest BCUT2D eigenvalue weighted by Crippen LogP contribution is 2.13. The zero-order valence-electron chi connectivity index (χ0n) is 11.7. The topological polar surface area (TPSA) is 107 Å². The van der Waals surface area contributed by atoms with Gasteiger partial charge in [0.1, 0.15) is 17.8 Å². The van der Waals surface area contributed by atoms with Crippen molar-refractivity contribution in [3.8, 4) is 5.75 Å². The van der Waals surface area contributed by atoms with Crippen molar-refractivity contribution in [3.05, 3.63) is 48.0 Å². The molecule has 0 aliphatic carbocycles. The van der Waals surface area contributed by atoms with Gasteiger partial charge in [0.25, 0.3) is 0 Å². The molecule has 2 atom stereocenters. The van der Waals surface area contributed by atoms with Gasteiger partial charge in [-0.1, -0.05) is 12.1 Å². The smallest absolute Gasteiger partial charge is 0.243 e. The number of H-pyrrole nitrogens is 1. The maximum atomic E-state index is 12.1. The van der Waals surface area contributed by atoms with Gasteiger partial charge >= 0.3 is 0 Å². The summed E-state index contributed by atoms with van der Waals surface area (Å²) in [6.45, 7) is 0. The van der Waals surface area contributed by atoms with Crippen molar-refractivity contribution in [3.63, 3.8) is 0 Å². The maximum Gasteiger partial charge on any atom is 0.243 e. The Morgan fingerprint density at radius 2 is 1.64 bits per heavy atom. The number of carbonyl (C=O) groups is 2. The van der Waals surface area contributed by atoms with Gasteiger partial charge in [0, 0.05) is 24.7 Å². The summed E-state index contributed by atoms with van der Waals surface area (Å²) in [6, 6.07) is 5.37. The number of carbonyl (C=O) groups excluding carboxylic acids is 2. The van der Waals surface area contributed by atoms with E-state index >= 15 is 0 Å². The molecule has 2 heterocycles. The zero-order chi connectivity index (χ0) is 15.5. The molecule has 1 aromatic carbocycles. The van der Waals surface area contributed by atoms with E-state index in [4.69, 9.17) is 0 Å². The minimum atomic E-state index is -0.602. The normalized spacial score (nSPS) is 21.3. The van der Waals surface area contributed by atoms with E-state index in [1.807, 2.05) is 0 Å². The monoisotopic (exact) mass is 300 g/mol. The van der Waals surface area contributed by atoms with E-state index in [0.717, 1.165) is 11.3 Å². The fraction of sp³-hybridized carbons (Fsp3) is 0.267. The van der Waals surface area contributed by atoms with E-state index in [-0.39, 0.29) is 17.6 Å². The Kier molecular flexibility index (Phi) is 3.78. The number of piperazine rings is 1. The predicted octanol–water partition coefficient (Wildman–Crippen LogP) is -0.116. The molecular weight excluding hydrogens is 284 g/mol. The number of rotatable bonds is 4. The fourth-order valence-electron chi connectivity index (χ4n) is 2.45. The van der Waals surface area contributed by atoms with Crippen molar-refractivity contribution < 1.29 is 14.7 Å². The number of aromatic nitrogens is 2. The van der Waals surface area contributed by atoms with Crippen LogP contribution in [0.15, 0.2) is 36.8 Å². The number of aromatic hydroxyl groups is 1. The van der Waals surface area contributed by atoms with E-state index in [2.05, 4.69) is 20.6 Å². The number of amides is 2. The third kappa shape index (κ3) is 3.08. The van der Waals surface area contributed by atoms with Crippen LogP contribution in [0.4, 0.5) is 0 Å². The first-order chi connectivity index (χ1) is 10.6. The Balaban J connectivity index is 1.63. The lowest BCUT2D eigenvalue weighted by molar-refractivity contribution is -0.136. The van der Waals surface area contributed by atoms with E-state index in [9.17, 15) is 14.7 Å². The number of hydrogen-bond acceptors (Lipinski definition) is 4. The van der Waals surface area contributed by atoms with Crippen LogP contribution in [-0.4, -0.2) is 39.0 Å². The molecule has 7 nitrogen and oxygen atoms in total. The van der Waals surface area contributed by atoms with Gasteiger partial charge in [-0.3, -0.25) is 9.59 Å². The van der Waals surface area contributed by atoms with Crippen LogP contribution in [0.5, 0.6) is 5.75 Å². The van der Waals surface area contributed by atoms with Gasteiger partial charge < -0.3 is 20.7 Å². The Bertz CT molecular complexity index is 667. The summed E-state index contributed by atoms with van der Waals surface area (Å²) in [5, 5.41) is 14.7. The van der Waals surface area contributed by atoms with Crippen molar-refractivity contribution >= 4 is 11.8 Å². The molecular formula is C15H16N4O3. The Hall–Kier alpha value is -2.83. The van der Waals surface area contributed by atoms with Crippen LogP contribution in [0.2, 0.25) is 0 Å². The summed E-state index contributed by atoms with van der Waals surface area (Å²) in [7, 11) is 0. The van der Waals surface area contributed by atoms with E-state index in [1.54, 1.807) is 30.5 Å². The van der Waals surface area contributed by atoms with E-state index < -0.39 is 12.1 Å². The lowest BCUT2D eigenvalue weighted by atomic mass is 10.0. The molecule has 4 N–H and O–H groups in total. The number of nitrogens with one attached hydrogen (secondary N) is 3. The number of phenols is 1. The highest BCUT2D eigenvalue weighted by atomic mass is 16.3. The maximum absolute atomic E-state index is 12.1. The third-order valence-electron chi connectivity index (χ3n) is 3.62. The molecule has 1 saturated heterocycles. The summed E-state index contributed by atoms with van der Waals surface area (Å²) in [4.78, 5) is 31.1. The van der Waals surface area contributed by atoms with E-state index in [1.165, 1.54) is 6.33 Å². The highest BCUT2D eigenvalue weighted by Gasteiger charge is 2.33. The minimum Gasteiger partial charge on any atom is -0.508 e. The van der Waals surface area contributed by atoms with Gasteiger partial charge in [-0.15, -0.1) is 0 Å². The van der Waals surface area contributed by atoms with Crippen LogP contribution in [0.1, 0.15) is 11.3 Å². The molecule has 3 rings (SSSR count). The molecule has 22 heavy (non-hydrogen) atoms. The van der Waals surface area contributed by atoms with Crippen molar-refractivity contribution in [2.75, 3.05) is 0 Å². The number of hydrogen-bond donors (Lipinski definition) is 4. The first kappa shape index (κ1) is 14.1. The first-order valence-electron chi connectivity index (χ1n) is 6.98. The fourth-order valence-corrected chi connectivity index (χ4v) is 2.45. The van der Waals surface area contributed by atoms with Crippen molar-refractivity contribution in [1.82, 2.24) is 20.6 Å². The molecule has 2 aromatic rings. The van der Waals surface area contributed by atoms with Crippen molar-refractivity contribution in [1.29, 1.82) is 0 Å². The molecule has 1 aliphatic heterocycles. The molecule has 7 heteroatoms. The Labute approximate surface area is 126 Å². The zero-order valence-corrected chi connectivity index (χ0v) is 11.7. The molecule has 0 saturated carbocycles. The second-order valence-electron chi connectivity index (χ2n) is 5.27. The van der Waals surface area contributed by atoms with Gasteiger partial charge in [0.05, 0.1) is 6.33 Å². The summed E-state index contributed by atoms with van der Waals surface area (Å²) < 4.78 is 0. The Morgan fingerprint density at radius 3 is 2.23 bits per heavy atom. The quantitative estimate of drug-likeness (QED) is 0.631.